The molecule has 0 aliphatic carbocycles. The summed E-state index contributed by atoms with van der Waals surface area (Å²) in [5, 5.41) is 11.1. The van der Waals surface area contributed by atoms with E-state index in [4.69, 9.17) is 4.74 Å². The molecule has 150 valence electrons. The van der Waals surface area contributed by atoms with Crippen molar-refractivity contribution in [3.8, 4) is 16.9 Å². The van der Waals surface area contributed by atoms with Crippen LogP contribution in [0.3, 0.4) is 0 Å². The molecule has 1 N–H and O–H groups in total. The number of esters is 1. The van der Waals surface area contributed by atoms with Crippen molar-refractivity contribution in [2.75, 3.05) is 6.61 Å². The minimum absolute atomic E-state index is 0.0940. The highest BCUT2D eigenvalue weighted by atomic mass is 16.5. The zero-order chi connectivity index (χ0) is 21.1. The van der Waals surface area contributed by atoms with Crippen LogP contribution in [0.25, 0.3) is 22.2 Å². The van der Waals surface area contributed by atoms with Crippen molar-refractivity contribution in [2.45, 2.75) is 13.5 Å². The summed E-state index contributed by atoms with van der Waals surface area (Å²) < 4.78 is 6.42. The molecule has 0 radical (unpaired) electrons. The molecule has 0 bridgehead atoms. The molecule has 30 heavy (non-hydrogen) atoms. The summed E-state index contributed by atoms with van der Waals surface area (Å²) in [4.78, 5) is 30.1. The normalized spacial score (nSPS) is 10.8. The van der Waals surface area contributed by atoms with Gasteiger partial charge in [-0.05, 0) is 24.1 Å². The minimum Gasteiger partial charge on any atom is -0.506 e. The minimum atomic E-state index is -0.853. The highest BCUT2D eigenvalue weighted by Gasteiger charge is 2.24. The van der Waals surface area contributed by atoms with Gasteiger partial charge in [0.05, 0.1) is 18.5 Å². The lowest BCUT2D eigenvalue weighted by Crippen LogP contribution is -2.29. The molecule has 2 aromatic carbocycles. The molecule has 4 rings (SSSR count). The van der Waals surface area contributed by atoms with Crippen molar-refractivity contribution in [3.05, 3.63) is 94.4 Å². The fourth-order valence-electron chi connectivity index (χ4n) is 3.40. The number of carbonyl (C=O) groups is 1. The van der Waals surface area contributed by atoms with E-state index in [9.17, 15) is 14.7 Å². The van der Waals surface area contributed by atoms with E-state index in [1.165, 1.54) is 4.57 Å². The van der Waals surface area contributed by atoms with E-state index in [0.717, 1.165) is 16.7 Å². The molecule has 2 heterocycles. The Labute approximate surface area is 173 Å². The summed E-state index contributed by atoms with van der Waals surface area (Å²) in [5.74, 6) is -1.27. The van der Waals surface area contributed by atoms with Gasteiger partial charge in [0.2, 0.25) is 0 Å². The van der Waals surface area contributed by atoms with E-state index in [2.05, 4.69) is 4.98 Å². The molecule has 6 heteroatoms. The Bertz CT molecular complexity index is 1270. The van der Waals surface area contributed by atoms with Gasteiger partial charge in [0.25, 0.3) is 5.56 Å². The van der Waals surface area contributed by atoms with Gasteiger partial charge < -0.3 is 9.84 Å². The van der Waals surface area contributed by atoms with Crippen molar-refractivity contribution < 1.29 is 14.6 Å². The topological polar surface area (TPSA) is 81.4 Å². The van der Waals surface area contributed by atoms with Gasteiger partial charge in [0, 0.05) is 11.8 Å². The van der Waals surface area contributed by atoms with Crippen LogP contribution in [0.1, 0.15) is 22.8 Å². The number of hydrogen-bond donors (Lipinski definition) is 1. The number of benzene rings is 2. The number of aromatic hydroxyl groups is 1. The Morgan fingerprint density at radius 2 is 1.70 bits per heavy atom. The van der Waals surface area contributed by atoms with Crippen LogP contribution in [0.5, 0.6) is 5.75 Å². The lowest BCUT2D eigenvalue weighted by Gasteiger charge is -2.15. The molecule has 2 aromatic heterocycles. The second kappa shape index (κ2) is 8.21. The molecule has 0 saturated heterocycles. The smallest absolute Gasteiger partial charge is 0.347 e. The van der Waals surface area contributed by atoms with Crippen molar-refractivity contribution in [3.63, 3.8) is 0 Å². The number of aromatic nitrogens is 2. The average molecular weight is 400 g/mol. The van der Waals surface area contributed by atoms with E-state index in [1.54, 1.807) is 19.2 Å². The number of carbonyl (C=O) groups excluding carboxylic acids is 1. The zero-order valence-electron chi connectivity index (χ0n) is 16.4. The number of pyridine rings is 2. The molecule has 0 atom stereocenters. The highest BCUT2D eigenvalue weighted by Crippen LogP contribution is 2.30. The summed E-state index contributed by atoms with van der Waals surface area (Å²) in [6.07, 6.45) is 1.65. The van der Waals surface area contributed by atoms with E-state index >= 15 is 0 Å². The highest BCUT2D eigenvalue weighted by molar-refractivity contribution is 5.99. The number of fused-ring (bicyclic) bond motifs is 1. The molecule has 0 amide bonds. The Morgan fingerprint density at radius 3 is 2.37 bits per heavy atom. The number of rotatable bonds is 5. The van der Waals surface area contributed by atoms with Crippen LogP contribution in [0.4, 0.5) is 0 Å². The van der Waals surface area contributed by atoms with Crippen molar-refractivity contribution >= 4 is 17.0 Å². The van der Waals surface area contributed by atoms with Crippen molar-refractivity contribution in [1.29, 1.82) is 0 Å². The standard InChI is InChI=1S/C24H20N2O4/c1-2-30-24(29)20-21(27)19-13-18(17-11-7-4-8-12-17)14-25-22(19)26(23(20)28)15-16-9-5-3-6-10-16/h3-14,27H,2,15H2,1H3. The maximum atomic E-state index is 13.1. The van der Waals surface area contributed by atoms with Crippen LogP contribution in [0.2, 0.25) is 0 Å². The molecular weight excluding hydrogens is 380 g/mol. The summed E-state index contributed by atoms with van der Waals surface area (Å²) >= 11 is 0. The molecule has 0 aliphatic heterocycles. The fourth-order valence-corrected chi connectivity index (χ4v) is 3.40. The fraction of sp³-hybridized carbons (Fsp3) is 0.125. The Balaban J connectivity index is 1.98. The third-order valence-corrected chi connectivity index (χ3v) is 4.84. The van der Waals surface area contributed by atoms with Crippen molar-refractivity contribution in [1.82, 2.24) is 9.55 Å². The summed E-state index contributed by atoms with van der Waals surface area (Å²) in [6, 6.07) is 20.7. The Hall–Kier alpha value is -3.93. The van der Waals surface area contributed by atoms with E-state index in [0.29, 0.717) is 11.0 Å². The monoisotopic (exact) mass is 400 g/mol. The summed E-state index contributed by atoms with van der Waals surface area (Å²) in [7, 11) is 0. The lowest BCUT2D eigenvalue weighted by atomic mass is 10.0. The number of hydrogen-bond acceptors (Lipinski definition) is 5. The van der Waals surface area contributed by atoms with Gasteiger partial charge in [-0.2, -0.15) is 0 Å². The zero-order valence-corrected chi connectivity index (χ0v) is 16.4. The first-order valence-corrected chi connectivity index (χ1v) is 9.62. The summed E-state index contributed by atoms with van der Waals surface area (Å²) in [5.41, 5.74) is 1.82. The van der Waals surface area contributed by atoms with Crippen LogP contribution in [-0.2, 0) is 11.3 Å². The van der Waals surface area contributed by atoms with Crippen LogP contribution in [0, 0.1) is 0 Å². The van der Waals surface area contributed by atoms with Crippen LogP contribution >= 0.6 is 0 Å². The van der Waals surface area contributed by atoms with Gasteiger partial charge in [0.15, 0.2) is 5.56 Å². The quantitative estimate of drug-likeness (QED) is 0.512. The first-order valence-electron chi connectivity index (χ1n) is 9.62. The second-order valence-electron chi connectivity index (χ2n) is 6.78. The second-order valence-corrected chi connectivity index (χ2v) is 6.78. The Kier molecular flexibility index (Phi) is 5.30. The van der Waals surface area contributed by atoms with E-state index in [-0.39, 0.29) is 18.7 Å². The summed E-state index contributed by atoms with van der Waals surface area (Å²) in [6.45, 7) is 1.95. The van der Waals surface area contributed by atoms with Gasteiger partial charge in [-0.1, -0.05) is 60.7 Å². The van der Waals surface area contributed by atoms with Crippen LogP contribution in [0.15, 0.2) is 77.7 Å². The maximum Gasteiger partial charge on any atom is 0.347 e. The van der Waals surface area contributed by atoms with Crippen LogP contribution in [-0.4, -0.2) is 27.2 Å². The predicted molar refractivity (Wildman–Crippen MR) is 115 cm³/mol. The SMILES string of the molecule is CCOC(=O)c1c(O)c2cc(-c3ccccc3)cnc2n(Cc2ccccc2)c1=O. The first-order chi connectivity index (χ1) is 14.6. The molecule has 6 nitrogen and oxygen atoms in total. The van der Waals surface area contributed by atoms with E-state index in [1.807, 2.05) is 60.7 Å². The molecular formula is C24H20N2O4. The molecule has 0 saturated carbocycles. The lowest BCUT2D eigenvalue weighted by molar-refractivity contribution is 0.0520. The van der Waals surface area contributed by atoms with Gasteiger partial charge in [-0.3, -0.25) is 9.36 Å². The van der Waals surface area contributed by atoms with E-state index < -0.39 is 17.3 Å². The first kappa shape index (κ1) is 19.4. The molecule has 4 aromatic rings. The average Bonchev–Trinajstić information content (AvgIpc) is 2.78. The molecule has 0 fully saturated rings. The number of nitrogens with zero attached hydrogens (tertiary/aromatic N) is 2. The molecule has 0 aliphatic rings. The molecule has 0 spiro atoms. The van der Waals surface area contributed by atoms with Gasteiger partial charge in [-0.25, -0.2) is 9.78 Å². The van der Waals surface area contributed by atoms with Gasteiger partial charge in [-0.15, -0.1) is 0 Å². The predicted octanol–water partition coefficient (Wildman–Crippen LogP) is 3.99. The maximum absolute atomic E-state index is 13.1. The van der Waals surface area contributed by atoms with Gasteiger partial charge >= 0.3 is 5.97 Å². The number of ether oxygens (including phenoxy) is 1. The van der Waals surface area contributed by atoms with Crippen LogP contribution < -0.4 is 5.56 Å². The molecule has 0 unspecified atom stereocenters. The third kappa shape index (κ3) is 3.55. The largest absolute Gasteiger partial charge is 0.506 e. The third-order valence-electron chi connectivity index (χ3n) is 4.84. The van der Waals surface area contributed by atoms with Gasteiger partial charge in [0.1, 0.15) is 11.4 Å². The Morgan fingerprint density at radius 1 is 1.03 bits per heavy atom. The van der Waals surface area contributed by atoms with Crippen molar-refractivity contribution in [2.24, 2.45) is 0 Å².